The van der Waals surface area contributed by atoms with Gasteiger partial charge in [0.05, 0.1) is 23.3 Å². The molecule has 0 aromatic heterocycles. The normalized spacial score (nSPS) is 20.4. The van der Waals surface area contributed by atoms with Crippen LogP contribution in [0.3, 0.4) is 0 Å². The van der Waals surface area contributed by atoms with Crippen molar-refractivity contribution in [2.24, 2.45) is 5.92 Å². The van der Waals surface area contributed by atoms with Gasteiger partial charge < -0.3 is 15.0 Å². The Kier molecular flexibility index (Phi) is 5.08. The van der Waals surface area contributed by atoms with Gasteiger partial charge in [0.1, 0.15) is 5.75 Å². The summed E-state index contributed by atoms with van der Waals surface area (Å²) in [6.45, 7) is 3.07. The van der Waals surface area contributed by atoms with Crippen LogP contribution in [0.25, 0.3) is 0 Å². The van der Waals surface area contributed by atoms with E-state index in [-0.39, 0.29) is 5.69 Å². The van der Waals surface area contributed by atoms with Crippen LogP contribution in [-0.4, -0.2) is 48.9 Å². The van der Waals surface area contributed by atoms with Gasteiger partial charge in [-0.05, 0) is 18.9 Å². The summed E-state index contributed by atoms with van der Waals surface area (Å²) in [5.41, 5.74) is 0.839. The number of thiol groups is 1. The summed E-state index contributed by atoms with van der Waals surface area (Å²) in [5.74, 6) is 1.56. The van der Waals surface area contributed by atoms with E-state index in [1.165, 1.54) is 12.1 Å². The molecule has 0 saturated carbocycles. The molecule has 2 rings (SSSR count). The average Bonchev–Trinajstić information content (AvgIpc) is 2.44. The fourth-order valence-electron chi connectivity index (χ4n) is 2.17. The van der Waals surface area contributed by atoms with Crippen molar-refractivity contribution in [3.8, 4) is 5.75 Å². The third-order valence-electron chi connectivity index (χ3n) is 3.29. The van der Waals surface area contributed by atoms with Gasteiger partial charge in [0.15, 0.2) is 0 Å². The second-order valence-electron chi connectivity index (χ2n) is 4.99. The molecule has 1 aromatic rings. The Morgan fingerprint density at radius 1 is 1.60 bits per heavy atom. The van der Waals surface area contributed by atoms with Gasteiger partial charge in [0.25, 0.3) is 5.69 Å². The quantitative estimate of drug-likeness (QED) is 0.495. The molecule has 0 radical (unpaired) electrons. The number of nitro groups is 1. The number of hydrogen-bond donors (Lipinski definition) is 2. The highest BCUT2D eigenvalue weighted by Gasteiger charge is 2.17. The molecule has 0 aliphatic carbocycles. The second-order valence-corrected chi connectivity index (χ2v) is 5.35. The van der Waals surface area contributed by atoms with E-state index in [4.69, 9.17) is 4.74 Å². The predicted molar refractivity (Wildman–Crippen MR) is 81.9 cm³/mol. The Bertz CT molecular complexity index is 484. The largest absolute Gasteiger partial charge is 0.491 e. The number of nitrogens with zero attached hydrogens (tertiary/aromatic N) is 2. The highest BCUT2D eigenvalue weighted by molar-refractivity contribution is 7.80. The highest BCUT2D eigenvalue weighted by atomic mass is 32.1. The standard InChI is InChI=1S/C13H19N3O3S/c1-15-5-4-14-12-3-2-11(16(17)18)6-13(12)19-8-10(7-15)9-20/h2-3,6,10,14,20H,4-5,7-9H2,1H3/t10-/m0/s1. The van der Waals surface area contributed by atoms with Crippen molar-refractivity contribution in [1.29, 1.82) is 0 Å². The monoisotopic (exact) mass is 297 g/mol. The first-order valence-corrected chi connectivity index (χ1v) is 7.18. The third kappa shape index (κ3) is 3.77. The summed E-state index contributed by atoms with van der Waals surface area (Å²) >= 11 is 4.34. The first-order valence-electron chi connectivity index (χ1n) is 6.54. The minimum absolute atomic E-state index is 0.0437. The van der Waals surface area contributed by atoms with Crippen molar-refractivity contribution in [1.82, 2.24) is 4.90 Å². The van der Waals surface area contributed by atoms with E-state index >= 15 is 0 Å². The van der Waals surface area contributed by atoms with Crippen molar-refractivity contribution < 1.29 is 9.66 Å². The Labute approximate surface area is 123 Å². The van der Waals surface area contributed by atoms with Gasteiger partial charge in [0.2, 0.25) is 0 Å². The fraction of sp³-hybridized carbons (Fsp3) is 0.538. The number of nitro benzene ring substituents is 1. The van der Waals surface area contributed by atoms with Crippen molar-refractivity contribution in [3.05, 3.63) is 28.3 Å². The molecule has 20 heavy (non-hydrogen) atoms. The molecular formula is C13H19N3O3S. The average molecular weight is 297 g/mol. The molecule has 1 heterocycles. The molecule has 1 N–H and O–H groups in total. The minimum Gasteiger partial charge on any atom is -0.491 e. The molecule has 6 nitrogen and oxygen atoms in total. The molecule has 0 saturated heterocycles. The Hall–Kier alpha value is -1.47. The van der Waals surface area contributed by atoms with Gasteiger partial charge in [-0.1, -0.05) is 0 Å². The Morgan fingerprint density at radius 2 is 2.40 bits per heavy atom. The molecule has 1 aliphatic rings. The van der Waals surface area contributed by atoms with Gasteiger partial charge in [-0.25, -0.2) is 0 Å². The number of anilines is 1. The first-order chi connectivity index (χ1) is 9.60. The lowest BCUT2D eigenvalue weighted by molar-refractivity contribution is -0.384. The smallest absolute Gasteiger partial charge is 0.273 e. The van der Waals surface area contributed by atoms with Crippen molar-refractivity contribution >= 4 is 24.0 Å². The van der Waals surface area contributed by atoms with E-state index in [0.717, 1.165) is 31.1 Å². The summed E-state index contributed by atoms with van der Waals surface area (Å²) in [4.78, 5) is 12.7. The number of rotatable bonds is 2. The van der Waals surface area contributed by atoms with Gasteiger partial charge in [-0.2, -0.15) is 12.6 Å². The zero-order chi connectivity index (χ0) is 14.5. The first kappa shape index (κ1) is 14.9. The van der Waals surface area contributed by atoms with Gasteiger partial charge in [0, 0.05) is 31.6 Å². The molecule has 1 atom stereocenters. The number of likely N-dealkylation sites (N-methyl/N-ethyl adjacent to an activating group) is 1. The lowest BCUT2D eigenvalue weighted by Crippen LogP contribution is -2.34. The van der Waals surface area contributed by atoms with Crippen LogP contribution < -0.4 is 10.1 Å². The van der Waals surface area contributed by atoms with E-state index in [0.29, 0.717) is 18.3 Å². The van der Waals surface area contributed by atoms with Crippen LogP contribution in [0.5, 0.6) is 5.75 Å². The SMILES string of the molecule is CN1CCNc2ccc([N+](=O)[O-])cc2OC[C@@H](CS)C1. The Balaban J connectivity index is 2.22. The number of benzene rings is 1. The van der Waals surface area contributed by atoms with Crippen molar-refractivity contribution in [2.75, 3.05) is 44.4 Å². The zero-order valence-electron chi connectivity index (χ0n) is 11.4. The van der Waals surface area contributed by atoms with E-state index in [2.05, 4.69) is 29.9 Å². The molecule has 0 fully saturated rings. The van der Waals surface area contributed by atoms with Gasteiger partial charge in [-0.3, -0.25) is 10.1 Å². The van der Waals surface area contributed by atoms with Crippen LogP contribution in [0.1, 0.15) is 0 Å². The Morgan fingerprint density at radius 3 is 3.10 bits per heavy atom. The molecule has 0 unspecified atom stereocenters. The van der Waals surface area contributed by atoms with Crippen LogP contribution in [0.4, 0.5) is 11.4 Å². The maximum Gasteiger partial charge on any atom is 0.273 e. The van der Waals surface area contributed by atoms with E-state index in [1.807, 2.05) is 0 Å². The number of nitrogens with one attached hydrogen (secondary N) is 1. The van der Waals surface area contributed by atoms with Crippen LogP contribution in [0.2, 0.25) is 0 Å². The maximum absolute atomic E-state index is 10.8. The summed E-state index contributed by atoms with van der Waals surface area (Å²) < 4.78 is 5.76. The number of hydrogen-bond acceptors (Lipinski definition) is 6. The van der Waals surface area contributed by atoms with E-state index < -0.39 is 4.92 Å². The maximum atomic E-state index is 10.8. The topological polar surface area (TPSA) is 67.6 Å². The molecule has 110 valence electrons. The number of fused-ring (bicyclic) bond motifs is 1. The molecule has 1 aliphatic heterocycles. The van der Waals surface area contributed by atoms with Crippen LogP contribution in [-0.2, 0) is 0 Å². The zero-order valence-corrected chi connectivity index (χ0v) is 12.3. The van der Waals surface area contributed by atoms with Gasteiger partial charge >= 0.3 is 0 Å². The fourth-order valence-corrected chi connectivity index (χ4v) is 2.40. The summed E-state index contributed by atoms with van der Waals surface area (Å²) in [5, 5.41) is 14.1. The molecule has 7 heteroatoms. The van der Waals surface area contributed by atoms with Gasteiger partial charge in [-0.15, -0.1) is 0 Å². The van der Waals surface area contributed by atoms with E-state index in [1.54, 1.807) is 6.07 Å². The number of ether oxygens (including phenoxy) is 1. The lowest BCUT2D eigenvalue weighted by atomic mass is 10.1. The molecular weight excluding hydrogens is 278 g/mol. The summed E-state index contributed by atoms with van der Waals surface area (Å²) in [6.07, 6.45) is 0. The molecule has 0 amide bonds. The minimum atomic E-state index is -0.410. The molecule has 1 aromatic carbocycles. The van der Waals surface area contributed by atoms with Crippen molar-refractivity contribution in [3.63, 3.8) is 0 Å². The number of non-ortho nitro benzene ring substituents is 1. The molecule has 0 spiro atoms. The van der Waals surface area contributed by atoms with Crippen LogP contribution in [0.15, 0.2) is 18.2 Å². The van der Waals surface area contributed by atoms with Crippen LogP contribution in [0, 0.1) is 16.0 Å². The van der Waals surface area contributed by atoms with Crippen molar-refractivity contribution in [2.45, 2.75) is 0 Å². The van der Waals surface area contributed by atoms with Crippen LogP contribution >= 0.6 is 12.6 Å². The molecule has 0 bridgehead atoms. The third-order valence-corrected chi connectivity index (χ3v) is 3.80. The lowest BCUT2D eigenvalue weighted by Gasteiger charge is -2.26. The predicted octanol–water partition coefficient (Wildman–Crippen LogP) is 1.88. The summed E-state index contributed by atoms with van der Waals surface area (Å²) in [6, 6.07) is 4.66. The van der Waals surface area contributed by atoms with E-state index in [9.17, 15) is 10.1 Å². The highest BCUT2D eigenvalue weighted by Crippen LogP contribution is 2.30. The summed E-state index contributed by atoms with van der Waals surface area (Å²) in [7, 11) is 2.07. The second kappa shape index (κ2) is 6.81.